The minimum absolute atomic E-state index is 0.245. The summed E-state index contributed by atoms with van der Waals surface area (Å²) in [7, 11) is 0. The van der Waals surface area contributed by atoms with Crippen LogP contribution in [0.4, 0.5) is 5.82 Å². The van der Waals surface area contributed by atoms with Crippen LogP contribution in [-0.4, -0.2) is 64.9 Å². The topological polar surface area (TPSA) is 52.6 Å². The van der Waals surface area contributed by atoms with Crippen LogP contribution in [-0.2, 0) is 24.2 Å². The molecule has 2 aliphatic rings. The summed E-state index contributed by atoms with van der Waals surface area (Å²) >= 11 is 1.85. The summed E-state index contributed by atoms with van der Waals surface area (Å²) in [6.45, 7) is 10.6. The molecule has 1 saturated heterocycles. The molecular weight excluding hydrogens is 418 g/mol. The number of hydrogen-bond donors (Lipinski definition) is 0. The number of carbonyl (C=O) groups excluding carboxylic acids is 1. The van der Waals surface area contributed by atoms with Gasteiger partial charge in [-0.1, -0.05) is 44.2 Å². The van der Waals surface area contributed by atoms with Gasteiger partial charge < -0.3 is 9.80 Å². The second-order valence-electron chi connectivity index (χ2n) is 8.65. The Labute approximate surface area is 193 Å². The van der Waals surface area contributed by atoms with Crippen molar-refractivity contribution in [3.8, 4) is 0 Å². The molecule has 2 aromatic heterocycles. The van der Waals surface area contributed by atoms with Gasteiger partial charge in [-0.2, -0.15) is 0 Å². The number of nitrogens with zero attached hydrogens (tertiary/aromatic N) is 5. The Morgan fingerprint density at radius 3 is 2.53 bits per heavy atom. The second-order valence-corrected chi connectivity index (χ2v) is 9.73. The highest BCUT2D eigenvalue weighted by Gasteiger charge is 2.28. The lowest BCUT2D eigenvalue weighted by Gasteiger charge is -2.36. The molecule has 6 nitrogen and oxygen atoms in total. The number of anilines is 1. The molecule has 1 amide bonds. The van der Waals surface area contributed by atoms with E-state index in [-0.39, 0.29) is 5.91 Å². The molecule has 168 valence electrons. The number of aromatic nitrogens is 2. The van der Waals surface area contributed by atoms with Gasteiger partial charge in [0.2, 0.25) is 5.91 Å². The van der Waals surface area contributed by atoms with Crippen LogP contribution < -0.4 is 4.90 Å². The summed E-state index contributed by atoms with van der Waals surface area (Å²) in [4.78, 5) is 31.8. The zero-order valence-corrected chi connectivity index (χ0v) is 19.8. The number of likely N-dealkylation sites (N-methyl/N-ethyl adjacent to an activating group) is 1. The van der Waals surface area contributed by atoms with E-state index >= 15 is 0 Å². The maximum absolute atomic E-state index is 12.2. The number of rotatable bonds is 5. The Bertz CT molecular complexity index is 1100. The van der Waals surface area contributed by atoms with Crippen LogP contribution in [0.5, 0.6) is 0 Å². The minimum Gasteiger partial charge on any atom is -0.352 e. The van der Waals surface area contributed by atoms with Crippen LogP contribution in [0.1, 0.15) is 42.1 Å². The molecule has 3 aromatic rings. The van der Waals surface area contributed by atoms with Gasteiger partial charge in [0.25, 0.3) is 0 Å². The van der Waals surface area contributed by atoms with E-state index in [9.17, 15) is 4.79 Å². The maximum Gasteiger partial charge on any atom is 0.222 e. The lowest BCUT2D eigenvalue weighted by molar-refractivity contribution is -0.131. The van der Waals surface area contributed by atoms with E-state index in [1.165, 1.54) is 21.4 Å². The fourth-order valence-electron chi connectivity index (χ4n) is 4.82. The van der Waals surface area contributed by atoms with Crippen molar-refractivity contribution in [3.63, 3.8) is 0 Å². The first-order valence-electron chi connectivity index (χ1n) is 11.8. The number of benzene rings is 1. The number of fused-ring (bicyclic) bond motifs is 3. The summed E-state index contributed by atoms with van der Waals surface area (Å²) in [6, 6.07) is 10.5. The molecule has 0 atom stereocenters. The lowest BCUT2D eigenvalue weighted by Crippen LogP contribution is -2.49. The molecule has 32 heavy (non-hydrogen) atoms. The van der Waals surface area contributed by atoms with Gasteiger partial charge in [0.05, 0.1) is 5.39 Å². The van der Waals surface area contributed by atoms with Gasteiger partial charge in [-0.15, -0.1) is 11.3 Å². The summed E-state index contributed by atoms with van der Waals surface area (Å²) in [5, 5.41) is 1.26. The first kappa shape index (κ1) is 21.3. The van der Waals surface area contributed by atoms with Crippen LogP contribution in [0.2, 0.25) is 0 Å². The van der Waals surface area contributed by atoms with Crippen molar-refractivity contribution in [1.82, 2.24) is 19.8 Å². The molecule has 0 aliphatic carbocycles. The van der Waals surface area contributed by atoms with Crippen LogP contribution in [0.15, 0.2) is 30.3 Å². The molecule has 1 fully saturated rings. The van der Waals surface area contributed by atoms with E-state index in [2.05, 4.69) is 41.0 Å². The van der Waals surface area contributed by atoms with Crippen molar-refractivity contribution >= 4 is 33.3 Å². The number of thiophene rings is 1. The van der Waals surface area contributed by atoms with E-state index < -0.39 is 0 Å². The fourth-order valence-corrected chi connectivity index (χ4v) is 6.09. The number of amides is 1. The first-order valence-corrected chi connectivity index (χ1v) is 12.6. The summed E-state index contributed by atoms with van der Waals surface area (Å²) < 4.78 is 0. The van der Waals surface area contributed by atoms with Crippen LogP contribution >= 0.6 is 11.3 Å². The minimum atomic E-state index is 0.245. The van der Waals surface area contributed by atoms with Gasteiger partial charge in [-0.05, 0) is 24.1 Å². The Morgan fingerprint density at radius 2 is 1.81 bits per heavy atom. The fraction of sp³-hybridized carbons (Fsp3) is 0.480. The van der Waals surface area contributed by atoms with Crippen LogP contribution in [0.25, 0.3) is 10.2 Å². The van der Waals surface area contributed by atoms with Gasteiger partial charge in [-0.25, -0.2) is 9.97 Å². The van der Waals surface area contributed by atoms with E-state index in [0.717, 1.165) is 75.1 Å². The molecule has 0 N–H and O–H groups in total. The first-order chi connectivity index (χ1) is 15.7. The van der Waals surface area contributed by atoms with Gasteiger partial charge in [0, 0.05) is 57.0 Å². The van der Waals surface area contributed by atoms with E-state index in [4.69, 9.17) is 9.97 Å². The molecule has 0 saturated carbocycles. The summed E-state index contributed by atoms with van der Waals surface area (Å²) in [6.07, 6.45) is 2.37. The monoisotopic (exact) mass is 449 g/mol. The molecule has 7 heteroatoms. The molecule has 5 rings (SSSR count). The predicted octanol–water partition coefficient (Wildman–Crippen LogP) is 3.72. The molecular formula is C25H31N5OS. The standard InChI is InChI=1S/C25H31N5OS/c1-3-22(31)29-12-14-30(15-13-29)24-23-19-10-11-28(4-2)17-20(19)32-25(23)27-21(26-24)16-18-8-6-5-7-9-18/h5-9H,3-4,10-17H2,1-2H3. The zero-order chi connectivity index (χ0) is 22.1. The van der Waals surface area contributed by atoms with Gasteiger partial charge in [-0.3, -0.25) is 9.69 Å². The lowest BCUT2D eigenvalue weighted by atomic mass is 10.0. The average molecular weight is 450 g/mol. The van der Waals surface area contributed by atoms with Crippen molar-refractivity contribution in [2.24, 2.45) is 0 Å². The highest BCUT2D eigenvalue weighted by atomic mass is 32.1. The van der Waals surface area contributed by atoms with E-state index in [1.807, 2.05) is 29.2 Å². The largest absolute Gasteiger partial charge is 0.352 e. The van der Waals surface area contributed by atoms with Crippen LogP contribution in [0.3, 0.4) is 0 Å². The van der Waals surface area contributed by atoms with E-state index in [0.29, 0.717) is 6.42 Å². The molecule has 2 aliphatic heterocycles. The second kappa shape index (κ2) is 9.16. The van der Waals surface area contributed by atoms with E-state index in [1.54, 1.807) is 0 Å². The third-order valence-electron chi connectivity index (χ3n) is 6.69. The molecule has 4 heterocycles. The zero-order valence-electron chi connectivity index (χ0n) is 19.0. The average Bonchev–Trinajstić information content (AvgIpc) is 3.21. The van der Waals surface area contributed by atoms with Gasteiger partial charge in [0.1, 0.15) is 16.5 Å². The third kappa shape index (κ3) is 4.11. The maximum atomic E-state index is 12.2. The molecule has 0 radical (unpaired) electrons. The quantitative estimate of drug-likeness (QED) is 0.594. The molecule has 1 aromatic carbocycles. The Morgan fingerprint density at radius 1 is 1.03 bits per heavy atom. The third-order valence-corrected chi connectivity index (χ3v) is 7.80. The smallest absolute Gasteiger partial charge is 0.222 e. The number of hydrogen-bond acceptors (Lipinski definition) is 6. The Kier molecular flexibility index (Phi) is 6.11. The Balaban J connectivity index is 1.53. The Hall–Kier alpha value is -2.51. The summed E-state index contributed by atoms with van der Waals surface area (Å²) in [5.74, 6) is 2.21. The summed E-state index contributed by atoms with van der Waals surface area (Å²) in [5.41, 5.74) is 2.68. The van der Waals surface area contributed by atoms with Crippen molar-refractivity contribution in [2.45, 2.75) is 39.7 Å². The molecule has 0 unspecified atom stereocenters. The molecule has 0 spiro atoms. The highest BCUT2D eigenvalue weighted by Crippen LogP contribution is 2.39. The normalized spacial score (nSPS) is 17.1. The van der Waals surface area contributed by atoms with Crippen molar-refractivity contribution in [3.05, 3.63) is 52.2 Å². The SMILES string of the molecule is CCC(=O)N1CCN(c2nc(Cc3ccccc3)nc3sc4c(c23)CCN(CC)C4)CC1. The number of piperazine rings is 1. The van der Waals surface area contributed by atoms with Gasteiger partial charge in [0.15, 0.2) is 0 Å². The number of carbonyl (C=O) groups is 1. The van der Waals surface area contributed by atoms with Crippen molar-refractivity contribution in [1.29, 1.82) is 0 Å². The van der Waals surface area contributed by atoms with Crippen molar-refractivity contribution < 1.29 is 4.79 Å². The van der Waals surface area contributed by atoms with Gasteiger partial charge >= 0.3 is 0 Å². The van der Waals surface area contributed by atoms with Crippen molar-refractivity contribution in [2.75, 3.05) is 44.2 Å². The van der Waals surface area contributed by atoms with Crippen LogP contribution in [0, 0.1) is 0 Å². The molecule has 0 bridgehead atoms. The highest BCUT2D eigenvalue weighted by molar-refractivity contribution is 7.19. The predicted molar refractivity (Wildman–Crippen MR) is 130 cm³/mol.